The summed E-state index contributed by atoms with van der Waals surface area (Å²) in [5, 5.41) is 8.08. The van der Waals surface area contributed by atoms with Gasteiger partial charge < -0.3 is 4.74 Å². The Balaban J connectivity index is 2.61. The van der Waals surface area contributed by atoms with E-state index in [0.29, 0.717) is 5.88 Å². The van der Waals surface area contributed by atoms with Crippen LogP contribution in [0.5, 0.6) is 0 Å². The van der Waals surface area contributed by atoms with Crippen LogP contribution in [0.1, 0.15) is 24.7 Å². The van der Waals surface area contributed by atoms with Crippen LogP contribution in [0.2, 0.25) is 0 Å². The second kappa shape index (κ2) is 5.98. The highest BCUT2D eigenvalue weighted by atomic mass is 35.5. The Morgan fingerprint density at radius 2 is 2.29 bits per heavy atom. The molecule has 0 aliphatic heterocycles. The topological polar surface area (TPSA) is 39.9 Å². The number of methoxy groups -OCH3 is 1. The fraction of sp³-hybridized carbons (Fsp3) is 0.778. The number of hydrogen-bond donors (Lipinski definition) is 0. The Kier molecular flexibility index (Phi) is 4.90. The normalized spacial score (nSPS) is 10.8. The molecule has 0 bridgehead atoms. The average Bonchev–Trinajstić information content (AvgIpc) is 2.60. The lowest BCUT2D eigenvalue weighted by Crippen LogP contribution is -2.07. The predicted molar refractivity (Wildman–Crippen MR) is 55.5 cm³/mol. The van der Waals surface area contributed by atoms with Crippen molar-refractivity contribution in [2.24, 2.45) is 0 Å². The van der Waals surface area contributed by atoms with Crippen LogP contribution in [0.15, 0.2) is 0 Å². The van der Waals surface area contributed by atoms with E-state index in [1.54, 1.807) is 7.11 Å². The van der Waals surface area contributed by atoms with Gasteiger partial charge in [0, 0.05) is 20.3 Å². The SMILES string of the molecule is CCc1c(CCl)nnn1CCCOC. The van der Waals surface area contributed by atoms with E-state index >= 15 is 0 Å². The number of hydrogen-bond acceptors (Lipinski definition) is 3. The summed E-state index contributed by atoms with van der Waals surface area (Å²) in [6, 6.07) is 0. The standard InChI is InChI=1S/C9H16ClN3O/c1-3-9-8(7-10)11-12-13(9)5-4-6-14-2/h3-7H2,1-2H3. The van der Waals surface area contributed by atoms with Gasteiger partial charge in [-0.05, 0) is 12.8 Å². The third kappa shape index (κ3) is 2.69. The molecule has 0 aliphatic rings. The van der Waals surface area contributed by atoms with Crippen molar-refractivity contribution in [2.75, 3.05) is 13.7 Å². The first-order valence-corrected chi connectivity index (χ1v) is 5.33. The molecule has 1 rings (SSSR count). The molecule has 80 valence electrons. The van der Waals surface area contributed by atoms with Crippen LogP contribution in [-0.2, 0) is 23.6 Å². The number of nitrogens with zero attached hydrogens (tertiary/aromatic N) is 3. The van der Waals surface area contributed by atoms with E-state index in [4.69, 9.17) is 16.3 Å². The smallest absolute Gasteiger partial charge is 0.101 e. The summed E-state index contributed by atoms with van der Waals surface area (Å²) in [5.41, 5.74) is 2.03. The molecule has 0 unspecified atom stereocenters. The first-order valence-electron chi connectivity index (χ1n) is 4.79. The molecule has 0 saturated heterocycles. The summed E-state index contributed by atoms with van der Waals surface area (Å²) in [6.45, 7) is 3.68. The minimum atomic E-state index is 0.438. The molecule has 0 amide bonds. The molecule has 0 atom stereocenters. The molecular formula is C9H16ClN3O. The Morgan fingerprint density at radius 1 is 1.50 bits per heavy atom. The van der Waals surface area contributed by atoms with Crippen molar-refractivity contribution in [1.29, 1.82) is 0 Å². The van der Waals surface area contributed by atoms with Crippen molar-refractivity contribution in [1.82, 2.24) is 15.0 Å². The third-order valence-corrected chi connectivity index (χ3v) is 2.35. The van der Waals surface area contributed by atoms with E-state index in [9.17, 15) is 0 Å². The van der Waals surface area contributed by atoms with Crippen LogP contribution in [-0.4, -0.2) is 28.7 Å². The van der Waals surface area contributed by atoms with Gasteiger partial charge in [-0.15, -0.1) is 16.7 Å². The van der Waals surface area contributed by atoms with Gasteiger partial charge in [-0.25, -0.2) is 4.68 Å². The van der Waals surface area contributed by atoms with Crippen molar-refractivity contribution in [3.63, 3.8) is 0 Å². The fourth-order valence-electron chi connectivity index (χ4n) is 1.40. The highest BCUT2D eigenvalue weighted by Crippen LogP contribution is 2.09. The predicted octanol–water partition coefficient (Wildman–Crippen LogP) is 1.62. The minimum Gasteiger partial charge on any atom is -0.385 e. The third-order valence-electron chi connectivity index (χ3n) is 2.10. The fourth-order valence-corrected chi connectivity index (χ4v) is 1.61. The van der Waals surface area contributed by atoms with Gasteiger partial charge in [0.1, 0.15) is 5.69 Å². The van der Waals surface area contributed by atoms with Crippen LogP contribution in [0.3, 0.4) is 0 Å². The molecule has 1 heterocycles. The summed E-state index contributed by atoms with van der Waals surface area (Å²) >= 11 is 5.74. The molecule has 14 heavy (non-hydrogen) atoms. The van der Waals surface area contributed by atoms with Crippen LogP contribution < -0.4 is 0 Å². The molecule has 0 fully saturated rings. The Morgan fingerprint density at radius 3 is 2.86 bits per heavy atom. The van der Waals surface area contributed by atoms with Crippen LogP contribution in [0.4, 0.5) is 0 Å². The molecule has 0 saturated carbocycles. The molecule has 0 aromatic carbocycles. The summed E-state index contributed by atoms with van der Waals surface area (Å²) in [4.78, 5) is 0. The Bertz CT molecular complexity index is 275. The van der Waals surface area contributed by atoms with Crippen molar-refractivity contribution in [3.8, 4) is 0 Å². The monoisotopic (exact) mass is 217 g/mol. The zero-order chi connectivity index (χ0) is 10.4. The zero-order valence-corrected chi connectivity index (χ0v) is 9.42. The lowest BCUT2D eigenvalue weighted by Gasteiger charge is -2.04. The quantitative estimate of drug-likeness (QED) is 0.537. The number of rotatable bonds is 6. The van der Waals surface area contributed by atoms with E-state index < -0.39 is 0 Å². The molecule has 0 radical (unpaired) electrons. The van der Waals surface area contributed by atoms with E-state index in [1.165, 1.54) is 0 Å². The maximum absolute atomic E-state index is 5.74. The lowest BCUT2D eigenvalue weighted by atomic mass is 10.3. The van der Waals surface area contributed by atoms with E-state index in [0.717, 1.165) is 37.4 Å². The number of halogens is 1. The van der Waals surface area contributed by atoms with Gasteiger partial charge in [0.05, 0.1) is 11.6 Å². The second-order valence-corrected chi connectivity index (χ2v) is 3.31. The van der Waals surface area contributed by atoms with E-state index in [1.807, 2.05) is 4.68 Å². The maximum Gasteiger partial charge on any atom is 0.101 e. The molecular weight excluding hydrogens is 202 g/mol. The van der Waals surface area contributed by atoms with Crippen LogP contribution in [0, 0.1) is 0 Å². The lowest BCUT2D eigenvalue weighted by molar-refractivity contribution is 0.188. The van der Waals surface area contributed by atoms with Crippen LogP contribution in [0.25, 0.3) is 0 Å². The van der Waals surface area contributed by atoms with Gasteiger partial charge in [0.25, 0.3) is 0 Å². The number of aryl methyl sites for hydroxylation is 1. The average molecular weight is 218 g/mol. The Hall–Kier alpha value is -0.610. The number of ether oxygens (including phenoxy) is 1. The highest BCUT2D eigenvalue weighted by Gasteiger charge is 2.08. The highest BCUT2D eigenvalue weighted by molar-refractivity contribution is 6.16. The molecule has 1 aromatic rings. The van der Waals surface area contributed by atoms with Crippen LogP contribution >= 0.6 is 11.6 Å². The number of alkyl halides is 1. The molecule has 0 spiro atoms. The van der Waals surface area contributed by atoms with Crippen molar-refractivity contribution in [3.05, 3.63) is 11.4 Å². The molecule has 0 aliphatic carbocycles. The molecule has 4 nitrogen and oxygen atoms in total. The second-order valence-electron chi connectivity index (χ2n) is 3.04. The Labute approximate surface area is 89.2 Å². The van der Waals surface area contributed by atoms with Crippen molar-refractivity contribution >= 4 is 11.6 Å². The first kappa shape index (κ1) is 11.5. The molecule has 0 N–H and O–H groups in total. The van der Waals surface area contributed by atoms with E-state index in [2.05, 4.69) is 17.2 Å². The summed E-state index contributed by atoms with van der Waals surface area (Å²) in [6.07, 6.45) is 1.87. The van der Waals surface area contributed by atoms with Crippen molar-refractivity contribution < 1.29 is 4.74 Å². The van der Waals surface area contributed by atoms with Gasteiger partial charge in [-0.2, -0.15) is 0 Å². The molecule has 5 heteroatoms. The van der Waals surface area contributed by atoms with Gasteiger partial charge >= 0.3 is 0 Å². The maximum atomic E-state index is 5.74. The largest absolute Gasteiger partial charge is 0.385 e. The summed E-state index contributed by atoms with van der Waals surface area (Å²) < 4.78 is 6.90. The van der Waals surface area contributed by atoms with Gasteiger partial charge in [0.15, 0.2) is 0 Å². The van der Waals surface area contributed by atoms with Crippen molar-refractivity contribution in [2.45, 2.75) is 32.2 Å². The first-order chi connectivity index (χ1) is 6.83. The summed E-state index contributed by atoms with van der Waals surface area (Å²) in [5.74, 6) is 0.438. The zero-order valence-electron chi connectivity index (χ0n) is 8.66. The minimum absolute atomic E-state index is 0.438. The molecule has 1 aromatic heterocycles. The van der Waals surface area contributed by atoms with Gasteiger partial charge in [-0.3, -0.25) is 0 Å². The van der Waals surface area contributed by atoms with E-state index in [-0.39, 0.29) is 0 Å². The summed E-state index contributed by atoms with van der Waals surface area (Å²) in [7, 11) is 1.70. The van der Waals surface area contributed by atoms with Gasteiger partial charge in [-0.1, -0.05) is 12.1 Å². The number of aromatic nitrogens is 3. The van der Waals surface area contributed by atoms with Gasteiger partial charge in [0.2, 0.25) is 0 Å².